The van der Waals surface area contributed by atoms with Crippen LogP contribution < -0.4 is 4.90 Å². The van der Waals surface area contributed by atoms with Crippen molar-refractivity contribution in [2.45, 2.75) is 39.2 Å². The Bertz CT molecular complexity index is 326. The molecule has 0 spiro atoms. The second-order valence-corrected chi connectivity index (χ2v) is 6.69. The molecule has 0 aliphatic carbocycles. The van der Waals surface area contributed by atoms with Crippen LogP contribution in [0.3, 0.4) is 0 Å². The number of hydrogen-bond acceptors (Lipinski definition) is 4. The summed E-state index contributed by atoms with van der Waals surface area (Å²) in [5.41, 5.74) is 0. The van der Waals surface area contributed by atoms with E-state index in [4.69, 9.17) is 0 Å². The summed E-state index contributed by atoms with van der Waals surface area (Å²) >= 11 is 5.00. The average molecular weight is 290 g/mol. The molecule has 1 aromatic rings. The lowest BCUT2D eigenvalue weighted by Gasteiger charge is -2.24. The molecule has 1 aliphatic rings. The van der Waals surface area contributed by atoms with Crippen LogP contribution >= 0.6 is 27.3 Å². The van der Waals surface area contributed by atoms with Gasteiger partial charge in [0.1, 0.15) is 0 Å². The van der Waals surface area contributed by atoms with Crippen LogP contribution in [0, 0.1) is 5.92 Å². The third kappa shape index (κ3) is 2.69. The molecule has 15 heavy (non-hydrogen) atoms. The molecule has 1 unspecified atom stereocenters. The average Bonchev–Trinajstić information content (AvgIpc) is 2.72. The maximum absolute atomic E-state index is 4.20. The van der Waals surface area contributed by atoms with E-state index in [-0.39, 0.29) is 0 Å². The van der Waals surface area contributed by atoms with E-state index in [1.165, 1.54) is 19.3 Å². The Hall–Kier alpha value is -0.160. The van der Waals surface area contributed by atoms with Gasteiger partial charge in [0, 0.05) is 12.6 Å². The summed E-state index contributed by atoms with van der Waals surface area (Å²) in [5.74, 6) is 0.756. The monoisotopic (exact) mass is 289 g/mol. The van der Waals surface area contributed by atoms with E-state index in [9.17, 15) is 0 Å². The molecule has 2 heterocycles. The number of halogens is 1. The van der Waals surface area contributed by atoms with Gasteiger partial charge >= 0.3 is 0 Å². The van der Waals surface area contributed by atoms with Gasteiger partial charge in [-0.2, -0.15) is 0 Å². The van der Waals surface area contributed by atoms with Gasteiger partial charge in [0.05, 0.1) is 0 Å². The van der Waals surface area contributed by atoms with E-state index >= 15 is 0 Å². The van der Waals surface area contributed by atoms with Gasteiger partial charge < -0.3 is 4.90 Å². The maximum Gasteiger partial charge on any atom is 0.209 e. The van der Waals surface area contributed by atoms with Crippen molar-refractivity contribution >= 4 is 32.4 Å². The van der Waals surface area contributed by atoms with Crippen LogP contribution in [-0.4, -0.2) is 22.8 Å². The van der Waals surface area contributed by atoms with E-state index in [1.54, 1.807) is 11.3 Å². The van der Waals surface area contributed by atoms with Crippen molar-refractivity contribution in [1.29, 1.82) is 0 Å². The van der Waals surface area contributed by atoms with Crippen molar-refractivity contribution in [3.05, 3.63) is 3.92 Å². The second kappa shape index (κ2) is 4.78. The molecular formula is C10H16BrN3S. The molecule has 0 bridgehead atoms. The minimum atomic E-state index is 0.671. The molecule has 5 heteroatoms. The Labute approximate surface area is 103 Å². The van der Waals surface area contributed by atoms with Crippen LogP contribution in [-0.2, 0) is 0 Å². The normalized spacial score (nSPS) is 21.6. The molecule has 0 saturated carbocycles. The maximum atomic E-state index is 4.20. The first kappa shape index (κ1) is 11.3. The Morgan fingerprint density at radius 3 is 2.93 bits per heavy atom. The van der Waals surface area contributed by atoms with Gasteiger partial charge in [-0.15, -0.1) is 10.2 Å². The molecule has 1 aromatic heterocycles. The zero-order valence-corrected chi connectivity index (χ0v) is 11.5. The van der Waals surface area contributed by atoms with E-state index in [1.807, 2.05) is 0 Å². The lowest BCUT2D eigenvalue weighted by Crippen LogP contribution is -2.30. The highest BCUT2D eigenvalue weighted by Crippen LogP contribution is 2.32. The van der Waals surface area contributed by atoms with Crippen LogP contribution in [0.1, 0.15) is 33.1 Å². The molecule has 0 N–H and O–H groups in total. The van der Waals surface area contributed by atoms with Crippen molar-refractivity contribution < 1.29 is 0 Å². The van der Waals surface area contributed by atoms with Crippen LogP contribution in [0.2, 0.25) is 0 Å². The first-order chi connectivity index (χ1) is 7.16. The van der Waals surface area contributed by atoms with Gasteiger partial charge in [-0.3, -0.25) is 0 Å². The number of anilines is 1. The molecule has 0 radical (unpaired) electrons. The SMILES string of the molecule is CC(C)CC1CCCN1c1nnc(Br)s1. The van der Waals surface area contributed by atoms with Gasteiger partial charge in [-0.05, 0) is 41.1 Å². The molecule has 3 nitrogen and oxygen atoms in total. The highest BCUT2D eigenvalue weighted by Gasteiger charge is 2.27. The lowest BCUT2D eigenvalue weighted by molar-refractivity contribution is 0.493. The molecule has 1 aliphatic heterocycles. The lowest BCUT2D eigenvalue weighted by atomic mass is 10.0. The van der Waals surface area contributed by atoms with Gasteiger partial charge in [0.15, 0.2) is 3.92 Å². The molecule has 1 atom stereocenters. The van der Waals surface area contributed by atoms with Gasteiger partial charge in [-0.1, -0.05) is 25.2 Å². The standard InChI is InChI=1S/C10H16BrN3S/c1-7(2)6-8-4-3-5-14(8)10-13-12-9(11)15-10/h7-8H,3-6H2,1-2H3. The molecule has 1 fully saturated rings. The molecule has 0 amide bonds. The zero-order chi connectivity index (χ0) is 10.8. The molecule has 2 rings (SSSR count). The Kier molecular flexibility index (Phi) is 3.61. The Balaban J connectivity index is 2.07. The van der Waals surface area contributed by atoms with Crippen LogP contribution in [0.5, 0.6) is 0 Å². The molecule has 0 aromatic carbocycles. The first-order valence-electron chi connectivity index (χ1n) is 5.42. The van der Waals surface area contributed by atoms with E-state index in [0.29, 0.717) is 6.04 Å². The van der Waals surface area contributed by atoms with Gasteiger partial charge in [0.25, 0.3) is 0 Å². The quantitative estimate of drug-likeness (QED) is 0.855. The molecule has 84 valence electrons. The number of rotatable bonds is 3. The number of aromatic nitrogens is 2. The fraction of sp³-hybridized carbons (Fsp3) is 0.800. The fourth-order valence-corrected chi connectivity index (χ4v) is 3.38. The van der Waals surface area contributed by atoms with Gasteiger partial charge in [-0.25, -0.2) is 0 Å². The van der Waals surface area contributed by atoms with Crippen LogP contribution in [0.15, 0.2) is 3.92 Å². The predicted octanol–water partition coefficient (Wildman–Crippen LogP) is 3.32. The summed E-state index contributed by atoms with van der Waals surface area (Å²) in [6, 6.07) is 0.671. The van der Waals surface area contributed by atoms with E-state index < -0.39 is 0 Å². The number of hydrogen-bond donors (Lipinski definition) is 0. The van der Waals surface area contributed by atoms with Crippen LogP contribution in [0.4, 0.5) is 5.13 Å². The second-order valence-electron chi connectivity index (χ2n) is 4.46. The Morgan fingerprint density at radius 1 is 1.53 bits per heavy atom. The van der Waals surface area contributed by atoms with Crippen LogP contribution in [0.25, 0.3) is 0 Å². The largest absolute Gasteiger partial charge is 0.344 e. The van der Waals surface area contributed by atoms with Crippen molar-refractivity contribution in [3.63, 3.8) is 0 Å². The smallest absolute Gasteiger partial charge is 0.209 e. The zero-order valence-electron chi connectivity index (χ0n) is 9.11. The van der Waals surface area contributed by atoms with E-state index in [2.05, 4.69) is 44.9 Å². The Morgan fingerprint density at radius 2 is 2.33 bits per heavy atom. The fourth-order valence-electron chi connectivity index (χ4n) is 2.19. The minimum absolute atomic E-state index is 0.671. The summed E-state index contributed by atoms with van der Waals surface area (Å²) in [5, 5.41) is 9.30. The highest BCUT2D eigenvalue weighted by atomic mass is 79.9. The molecular weight excluding hydrogens is 274 g/mol. The van der Waals surface area contributed by atoms with Gasteiger partial charge in [0.2, 0.25) is 5.13 Å². The number of nitrogens with zero attached hydrogens (tertiary/aromatic N) is 3. The summed E-state index contributed by atoms with van der Waals surface area (Å²) in [6.07, 6.45) is 3.85. The molecule has 1 saturated heterocycles. The minimum Gasteiger partial charge on any atom is -0.344 e. The van der Waals surface area contributed by atoms with Crippen molar-refractivity contribution in [2.24, 2.45) is 5.92 Å². The van der Waals surface area contributed by atoms with E-state index in [0.717, 1.165) is 21.5 Å². The third-order valence-corrected chi connectivity index (χ3v) is 4.15. The van der Waals surface area contributed by atoms with Crippen molar-refractivity contribution in [1.82, 2.24) is 10.2 Å². The van der Waals surface area contributed by atoms with Crippen molar-refractivity contribution in [3.8, 4) is 0 Å². The summed E-state index contributed by atoms with van der Waals surface area (Å²) in [4.78, 5) is 2.42. The first-order valence-corrected chi connectivity index (χ1v) is 7.03. The highest BCUT2D eigenvalue weighted by molar-refractivity contribution is 9.11. The summed E-state index contributed by atoms with van der Waals surface area (Å²) in [7, 11) is 0. The predicted molar refractivity (Wildman–Crippen MR) is 67.4 cm³/mol. The van der Waals surface area contributed by atoms with Crippen molar-refractivity contribution in [2.75, 3.05) is 11.4 Å². The summed E-state index contributed by atoms with van der Waals surface area (Å²) < 4.78 is 0.882. The third-order valence-electron chi connectivity index (χ3n) is 2.76. The summed E-state index contributed by atoms with van der Waals surface area (Å²) in [6.45, 7) is 5.71. The topological polar surface area (TPSA) is 29.0 Å².